The van der Waals surface area contributed by atoms with Gasteiger partial charge in [-0.3, -0.25) is 4.79 Å². The normalized spacial score (nSPS) is 23.1. The molecule has 0 saturated heterocycles. The van der Waals surface area contributed by atoms with Gasteiger partial charge in [-0.15, -0.1) is 10.2 Å². The van der Waals surface area contributed by atoms with Crippen LogP contribution in [0.4, 0.5) is 0 Å². The van der Waals surface area contributed by atoms with Crippen LogP contribution in [0.5, 0.6) is 0 Å². The molecule has 4 nitrogen and oxygen atoms in total. The number of carbonyl (C=O) groups excluding carboxylic acids is 1. The molecule has 1 saturated carbocycles. The summed E-state index contributed by atoms with van der Waals surface area (Å²) in [5.41, 5.74) is 0.283. The van der Waals surface area contributed by atoms with Crippen LogP contribution in [0.1, 0.15) is 43.0 Å². The molecular formula is C13H17Cl2N3O. The monoisotopic (exact) mass is 301 g/mol. The van der Waals surface area contributed by atoms with E-state index in [0.717, 1.165) is 5.92 Å². The predicted octanol–water partition coefficient (Wildman–Crippen LogP) is 3.34. The molecule has 1 amide bonds. The van der Waals surface area contributed by atoms with Crippen molar-refractivity contribution in [1.82, 2.24) is 15.5 Å². The van der Waals surface area contributed by atoms with Gasteiger partial charge in [-0.25, -0.2) is 0 Å². The molecule has 0 aromatic carbocycles. The van der Waals surface area contributed by atoms with Gasteiger partial charge in [-0.2, -0.15) is 0 Å². The summed E-state index contributed by atoms with van der Waals surface area (Å²) in [6.45, 7) is 2.94. The van der Waals surface area contributed by atoms with Gasteiger partial charge in [0.1, 0.15) is 0 Å². The molecule has 6 heteroatoms. The van der Waals surface area contributed by atoms with E-state index in [1.54, 1.807) is 0 Å². The van der Waals surface area contributed by atoms with Gasteiger partial charge >= 0.3 is 0 Å². The number of rotatable bonds is 3. The van der Waals surface area contributed by atoms with E-state index >= 15 is 0 Å². The van der Waals surface area contributed by atoms with Crippen molar-refractivity contribution in [2.45, 2.75) is 32.6 Å². The Hall–Kier alpha value is -0.870. The van der Waals surface area contributed by atoms with Gasteiger partial charge in [0.25, 0.3) is 5.91 Å². The Labute approximate surface area is 122 Å². The van der Waals surface area contributed by atoms with Crippen molar-refractivity contribution in [2.24, 2.45) is 11.8 Å². The van der Waals surface area contributed by atoms with Crippen molar-refractivity contribution in [1.29, 1.82) is 0 Å². The third-order valence-electron chi connectivity index (χ3n) is 3.56. The van der Waals surface area contributed by atoms with E-state index in [1.807, 2.05) is 0 Å². The zero-order chi connectivity index (χ0) is 13.8. The summed E-state index contributed by atoms with van der Waals surface area (Å²) < 4.78 is 0. The number of hydrogen-bond donors (Lipinski definition) is 1. The summed E-state index contributed by atoms with van der Waals surface area (Å²) in [6.07, 6.45) is 4.88. The number of halogens is 2. The van der Waals surface area contributed by atoms with Crippen LogP contribution in [0.25, 0.3) is 0 Å². The first-order valence-electron chi connectivity index (χ1n) is 6.53. The second kappa shape index (κ2) is 6.53. The average molecular weight is 302 g/mol. The van der Waals surface area contributed by atoms with E-state index in [0.29, 0.717) is 12.5 Å². The fraction of sp³-hybridized carbons (Fsp3) is 0.615. The molecule has 0 bridgehead atoms. The number of amides is 1. The van der Waals surface area contributed by atoms with E-state index in [2.05, 4.69) is 22.4 Å². The Kier molecular flexibility index (Phi) is 4.99. The number of hydrogen-bond acceptors (Lipinski definition) is 3. The highest BCUT2D eigenvalue weighted by Crippen LogP contribution is 2.28. The lowest BCUT2D eigenvalue weighted by Crippen LogP contribution is -2.31. The molecule has 2 unspecified atom stereocenters. The average Bonchev–Trinajstić information content (AvgIpc) is 2.39. The number of nitrogens with zero attached hydrogens (tertiary/aromatic N) is 2. The van der Waals surface area contributed by atoms with Crippen LogP contribution in [-0.4, -0.2) is 22.6 Å². The van der Waals surface area contributed by atoms with Crippen LogP contribution in [0, 0.1) is 11.8 Å². The molecule has 0 aliphatic heterocycles. The number of nitrogens with one attached hydrogen (secondary N) is 1. The molecule has 19 heavy (non-hydrogen) atoms. The molecule has 104 valence electrons. The van der Waals surface area contributed by atoms with E-state index in [-0.39, 0.29) is 21.8 Å². The van der Waals surface area contributed by atoms with Crippen molar-refractivity contribution in [2.75, 3.05) is 6.54 Å². The lowest BCUT2D eigenvalue weighted by Gasteiger charge is -2.26. The van der Waals surface area contributed by atoms with Crippen LogP contribution in [0.15, 0.2) is 6.07 Å². The summed E-state index contributed by atoms with van der Waals surface area (Å²) in [6, 6.07) is 1.44. The summed E-state index contributed by atoms with van der Waals surface area (Å²) >= 11 is 11.6. The Balaban J connectivity index is 1.92. The van der Waals surface area contributed by atoms with Crippen LogP contribution >= 0.6 is 23.2 Å². The molecule has 1 aliphatic rings. The maximum absolute atomic E-state index is 12.0. The highest BCUT2D eigenvalue weighted by Gasteiger charge is 2.20. The van der Waals surface area contributed by atoms with E-state index in [4.69, 9.17) is 23.2 Å². The molecule has 2 rings (SSSR count). The fourth-order valence-electron chi connectivity index (χ4n) is 2.59. The van der Waals surface area contributed by atoms with Crippen LogP contribution in [-0.2, 0) is 0 Å². The van der Waals surface area contributed by atoms with Crippen LogP contribution < -0.4 is 5.32 Å². The van der Waals surface area contributed by atoms with Crippen molar-refractivity contribution < 1.29 is 4.79 Å². The van der Waals surface area contributed by atoms with Crippen molar-refractivity contribution >= 4 is 29.1 Å². The van der Waals surface area contributed by atoms with Crippen LogP contribution in [0.2, 0.25) is 10.3 Å². The zero-order valence-electron chi connectivity index (χ0n) is 10.8. The van der Waals surface area contributed by atoms with Crippen LogP contribution in [0.3, 0.4) is 0 Å². The molecular weight excluding hydrogens is 285 g/mol. The first kappa shape index (κ1) is 14.5. The Morgan fingerprint density at radius 3 is 2.95 bits per heavy atom. The Bertz CT molecular complexity index is 467. The number of aromatic nitrogens is 2. The molecule has 0 radical (unpaired) electrons. The van der Waals surface area contributed by atoms with Gasteiger partial charge in [0.05, 0.1) is 5.56 Å². The highest BCUT2D eigenvalue weighted by atomic mass is 35.5. The first-order valence-corrected chi connectivity index (χ1v) is 7.28. The summed E-state index contributed by atoms with van der Waals surface area (Å²) in [5.74, 6) is 1.06. The highest BCUT2D eigenvalue weighted by molar-refractivity contribution is 6.34. The largest absolute Gasteiger partial charge is 0.352 e. The fourth-order valence-corrected chi connectivity index (χ4v) is 2.91. The molecule has 0 spiro atoms. The van der Waals surface area contributed by atoms with E-state index < -0.39 is 0 Å². The molecule has 1 aromatic rings. The van der Waals surface area contributed by atoms with Gasteiger partial charge in [0.2, 0.25) is 0 Å². The maximum atomic E-state index is 12.0. The van der Waals surface area contributed by atoms with Crippen molar-refractivity contribution in [3.63, 3.8) is 0 Å². The molecule has 1 N–H and O–H groups in total. The van der Waals surface area contributed by atoms with Crippen molar-refractivity contribution in [3.05, 3.63) is 21.9 Å². The maximum Gasteiger partial charge on any atom is 0.254 e. The molecule has 1 aromatic heterocycles. The molecule has 2 atom stereocenters. The minimum absolute atomic E-state index is 0.0823. The van der Waals surface area contributed by atoms with Gasteiger partial charge in [0.15, 0.2) is 10.3 Å². The first-order chi connectivity index (χ1) is 9.06. The summed E-state index contributed by atoms with van der Waals surface area (Å²) in [4.78, 5) is 12.0. The standard InChI is InChI=1S/C13H17Cl2N3O/c1-8-3-2-4-9(5-8)7-16-13(19)10-6-11(14)17-18-12(10)15/h6,8-9H,2-5,7H2,1H3,(H,16,19). The van der Waals surface area contributed by atoms with E-state index in [1.165, 1.54) is 31.7 Å². The van der Waals surface area contributed by atoms with Gasteiger partial charge < -0.3 is 5.32 Å². The third kappa shape index (κ3) is 4.05. The zero-order valence-corrected chi connectivity index (χ0v) is 12.3. The summed E-state index contributed by atoms with van der Waals surface area (Å²) in [5, 5.41) is 10.4. The topological polar surface area (TPSA) is 54.9 Å². The van der Waals surface area contributed by atoms with Crippen molar-refractivity contribution in [3.8, 4) is 0 Å². The van der Waals surface area contributed by atoms with Gasteiger partial charge in [-0.1, -0.05) is 43.0 Å². The minimum atomic E-state index is -0.236. The molecule has 1 aliphatic carbocycles. The quantitative estimate of drug-likeness (QED) is 0.931. The minimum Gasteiger partial charge on any atom is -0.352 e. The number of carbonyl (C=O) groups is 1. The SMILES string of the molecule is CC1CCCC(CNC(=O)c2cc(Cl)nnc2Cl)C1. The smallest absolute Gasteiger partial charge is 0.254 e. The third-order valence-corrected chi connectivity index (χ3v) is 4.02. The Morgan fingerprint density at radius 2 is 2.21 bits per heavy atom. The predicted molar refractivity (Wildman–Crippen MR) is 75.5 cm³/mol. The lowest BCUT2D eigenvalue weighted by molar-refractivity contribution is 0.0940. The Morgan fingerprint density at radius 1 is 1.42 bits per heavy atom. The summed E-state index contributed by atoms with van der Waals surface area (Å²) in [7, 11) is 0. The second-order valence-corrected chi connectivity index (χ2v) is 5.96. The van der Waals surface area contributed by atoms with Gasteiger partial charge in [-0.05, 0) is 30.7 Å². The van der Waals surface area contributed by atoms with Gasteiger partial charge in [0, 0.05) is 6.54 Å². The second-order valence-electron chi connectivity index (χ2n) is 5.22. The molecule has 1 fully saturated rings. The lowest BCUT2D eigenvalue weighted by atomic mass is 9.82. The molecule has 1 heterocycles. The van der Waals surface area contributed by atoms with E-state index in [9.17, 15) is 4.79 Å².